The highest BCUT2D eigenvalue weighted by molar-refractivity contribution is 8.13. The third-order valence-electron chi connectivity index (χ3n) is 2.19. The van der Waals surface area contributed by atoms with Gasteiger partial charge in [0.1, 0.15) is 0 Å². The summed E-state index contributed by atoms with van der Waals surface area (Å²) < 4.78 is 22.1. The van der Waals surface area contributed by atoms with Gasteiger partial charge in [0.15, 0.2) is 5.82 Å². The summed E-state index contributed by atoms with van der Waals surface area (Å²) in [5.74, 6) is 0.559. The molecule has 0 spiro atoms. The fourth-order valence-electron chi connectivity index (χ4n) is 1.35. The molecule has 0 radical (unpaired) electrons. The summed E-state index contributed by atoms with van der Waals surface area (Å²) in [6.45, 7) is 1.86. The van der Waals surface area contributed by atoms with Crippen molar-refractivity contribution < 1.29 is 8.42 Å². The van der Waals surface area contributed by atoms with Gasteiger partial charge in [0.05, 0.1) is 4.90 Å². The van der Waals surface area contributed by atoms with Crippen LogP contribution >= 0.6 is 10.7 Å². The van der Waals surface area contributed by atoms with E-state index in [0.717, 1.165) is 11.3 Å². The Bertz CT molecular complexity index is 639. The van der Waals surface area contributed by atoms with Gasteiger partial charge in [-0.15, -0.1) is 0 Å². The van der Waals surface area contributed by atoms with Crippen LogP contribution in [0.5, 0.6) is 0 Å². The molecule has 0 saturated carbocycles. The second-order valence-corrected chi connectivity index (χ2v) is 6.05. The number of rotatable bonds is 2. The number of nitrogens with zero attached hydrogens (tertiary/aromatic N) is 2. The molecule has 88 valence electrons. The third-order valence-corrected chi connectivity index (χ3v) is 3.56. The molecule has 1 heterocycles. The van der Waals surface area contributed by atoms with Crippen molar-refractivity contribution in [2.24, 2.45) is 0 Å². The SMILES string of the molecule is Cc1ccnc(-c2ccc(S(=O)(=O)Cl)cc2)n1. The minimum absolute atomic E-state index is 0.0653. The highest BCUT2D eigenvalue weighted by Crippen LogP contribution is 2.20. The lowest BCUT2D eigenvalue weighted by Crippen LogP contribution is -1.93. The molecule has 0 aliphatic heterocycles. The van der Waals surface area contributed by atoms with Crippen molar-refractivity contribution in [3.05, 3.63) is 42.2 Å². The van der Waals surface area contributed by atoms with Crippen molar-refractivity contribution in [2.75, 3.05) is 0 Å². The Morgan fingerprint density at radius 3 is 2.29 bits per heavy atom. The Labute approximate surface area is 104 Å². The van der Waals surface area contributed by atoms with Crippen molar-refractivity contribution in [1.82, 2.24) is 9.97 Å². The van der Waals surface area contributed by atoms with Crippen LogP contribution in [-0.4, -0.2) is 18.4 Å². The van der Waals surface area contributed by atoms with E-state index in [-0.39, 0.29) is 4.90 Å². The smallest absolute Gasteiger partial charge is 0.237 e. The summed E-state index contributed by atoms with van der Waals surface area (Å²) in [4.78, 5) is 8.42. The summed E-state index contributed by atoms with van der Waals surface area (Å²) in [5.41, 5.74) is 1.60. The molecular formula is C11H9ClN2O2S. The fourth-order valence-corrected chi connectivity index (χ4v) is 2.12. The van der Waals surface area contributed by atoms with Crippen LogP contribution in [0.2, 0.25) is 0 Å². The molecule has 2 aromatic rings. The van der Waals surface area contributed by atoms with Gasteiger partial charge in [-0.3, -0.25) is 0 Å². The highest BCUT2D eigenvalue weighted by Gasteiger charge is 2.10. The minimum atomic E-state index is -3.68. The number of halogens is 1. The lowest BCUT2D eigenvalue weighted by molar-refractivity contribution is 0.609. The number of aryl methyl sites for hydroxylation is 1. The summed E-state index contributed by atoms with van der Waals surface area (Å²) in [5, 5.41) is 0. The summed E-state index contributed by atoms with van der Waals surface area (Å²) in [6, 6.07) is 7.92. The largest absolute Gasteiger partial charge is 0.261 e. The Hall–Kier alpha value is -1.46. The Morgan fingerprint density at radius 2 is 1.76 bits per heavy atom. The zero-order chi connectivity index (χ0) is 12.5. The van der Waals surface area contributed by atoms with E-state index in [1.807, 2.05) is 6.92 Å². The van der Waals surface area contributed by atoms with Crippen molar-refractivity contribution >= 4 is 19.7 Å². The molecule has 0 unspecified atom stereocenters. The quantitative estimate of drug-likeness (QED) is 0.785. The molecule has 0 saturated heterocycles. The maximum atomic E-state index is 11.1. The number of benzene rings is 1. The Kier molecular flexibility index (Phi) is 3.13. The molecule has 0 bridgehead atoms. The van der Waals surface area contributed by atoms with Crippen LogP contribution in [-0.2, 0) is 9.05 Å². The predicted molar refractivity (Wildman–Crippen MR) is 65.2 cm³/mol. The van der Waals surface area contributed by atoms with Crippen molar-refractivity contribution in [3.63, 3.8) is 0 Å². The van der Waals surface area contributed by atoms with Gasteiger partial charge in [0.25, 0.3) is 9.05 Å². The standard InChI is InChI=1S/C11H9ClN2O2S/c1-8-6-7-13-11(14-8)9-2-4-10(5-3-9)17(12,15)16/h2-7H,1H3. The van der Waals surface area contributed by atoms with Crippen LogP contribution in [0, 0.1) is 6.92 Å². The number of hydrogen-bond acceptors (Lipinski definition) is 4. The Morgan fingerprint density at radius 1 is 1.12 bits per heavy atom. The van der Waals surface area contributed by atoms with E-state index >= 15 is 0 Å². The topological polar surface area (TPSA) is 59.9 Å². The van der Waals surface area contributed by atoms with E-state index < -0.39 is 9.05 Å². The van der Waals surface area contributed by atoms with E-state index in [0.29, 0.717) is 5.82 Å². The normalized spacial score (nSPS) is 11.4. The summed E-state index contributed by atoms with van der Waals surface area (Å²) in [7, 11) is 1.54. The van der Waals surface area contributed by atoms with Gasteiger partial charge in [-0.1, -0.05) is 0 Å². The van der Waals surface area contributed by atoms with Crippen molar-refractivity contribution in [2.45, 2.75) is 11.8 Å². The van der Waals surface area contributed by atoms with E-state index in [2.05, 4.69) is 9.97 Å². The molecule has 1 aromatic heterocycles. The first-order valence-electron chi connectivity index (χ1n) is 4.81. The maximum Gasteiger partial charge on any atom is 0.261 e. The molecule has 17 heavy (non-hydrogen) atoms. The van der Waals surface area contributed by atoms with E-state index in [1.54, 1.807) is 24.4 Å². The zero-order valence-corrected chi connectivity index (χ0v) is 10.5. The zero-order valence-electron chi connectivity index (χ0n) is 8.96. The maximum absolute atomic E-state index is 11.1. The molecule has 4 nitrogen and oxygen atoms in total. The highest BCUT2D eigenvalue weighted by atomic mass is 35.7. The minimum Gasteiger partial charge on any atom is -0.237 e. The van der Waals surface area contributed by atoms with Crippen LogP contribution in [0.3, 0.4) is 0 Å². The van der Waals surface area contributed by atoms with Crippen LogP contribution in [0.4, 0.5) is 0 Å². The molecule has 0 atom stereocenters. The molecule has 6 heteroatoms. The number of hydrogen-bond donors (Lipinski definition) is 0. The van der Waals surface area contributed by atoms with Gasteiger partial charge in [0, 0.05) is 28.1 Å². The van der Waals surface area contributed by atoms with Gasteiger partial charge in [-0.25, -0.2) is 18.4 Å². The lowest BCUT2D eigenvalue weighted by atomic mass is 10.2. The van der Waals surface area contributed by atoms with Crippen LogP contribution < -0.4 is 0 Å². The van der Waals surface area contributed by atoms with Crippen molar-refractivity contribution in [3.8, 4) is 11.4 Å². The average molecular weight is 269 g/mol. The van der Waals surface area contributed by atoms with E-state index in [1.165, 1.54) is 12.1 Å². The van der Waals surface area contributed by atoms with E-state index in [4.69, 9.17) is 10.7 Å². The molecule has 0 N–H and O–H groups in total. The predicted octanol–water partition coefficient (Wildman–Crippen LogP) is 2.38. The van der Waals surface area contributed by atoms with E-state index in [9.17, 15) is 8.42 Å². The third kappa shape index (κ3) is 2.81. The molecule has 0 fully saturated rings. The first-order valence-corrected chi connectivity index (χ1v) is 7.12. The van der Waals surface area contributed by atoms with Crippen LogP contribution in [0.25, 0.3) is 11.4 Å². The monoisotopic (exact) mass is 268 g/mol. The first kappa shape index (κ1) is 12.0. The molecule has 2 rings (SSSR count). The fraction of sp³-hybridized carbons (Fsp3) is 0.0909. The molecular weight excluding hydrogens is 260 g/mol. The molecule has 0 aliphatic rings. The van der Waals surface area contributed by atoms with Gasteiger partial charge < -0.3 is 0 Å². The van der Waals surface area contributed by atoms with Crippen LogP contribution in [0.15, 0.2) is 41.4 Å². The second-order valence-electron chi connectivity index (χ2n) is 3.48. The first-order chi connectivity index (χ1) is 7.97. The second kappa shape index (κ2) is 4.43. The Balaban J connectivity index is 2.43. The summed E-state index contributed by atoms with van der Waals surface area (Å²) >= 11 is 0. The van der Waals surface area contributed by atoms with Crippen LogP contribution in [0.1, 0.15) is 5.69 Å². The number of aromatic nitrogens is 2. The van der Waals surface area contributed by atoms with Gasteiger partial charge in [0.2, 0.25) is 0 Å². The van der Waals surface area contributed by atoms with Gasteiger partial charge in [-0.05, 0) is 37.3 Å². The summed E-state index contributed by atoms with van der Waals surface area (Å²) in [6.07, 6.45) is 1.66. The van der Waals surface area contributed by atoms with Gasteiger partial charge >= 0.3 is 0 Å². The molecule has 1 aromatic carbocycles. The van der Waals surface area contributed by atoms with Gasteiger partial charge in [-0.2, -0.15) is 0 Å². The molecule has 0 aliphatic carbocycles. The molecule has 0 amide bonds. The lowest BCUT2D eigenvalue weighted by Gasteiger charge is -2.01. The van der Waals surface area contributed by atoms with Crippen molar-refractivity contribution in [1.29, 1.82) is 0 Å². The average Bonchev–Trinajstić information content (AvgIpc) is 2.28.